The summed E-state index contributed by atoms with van der Waals surface area (Å²) in [6.07, 6.45) is 1.80. The first kappa shape index (κ1) is 21.2. The van der Waals surface area contributed by atoms with Crippen LogP contribution in [0.2, 0.25) is 0 Å². The molecule has 4 heteroatoms. The van der Waals surface area contributed by atoms with Crippen LogP contribution in [0.3, 0.4) is 0 Å². The molecule has 3 nitrogen and oxygen atoms in total. The lowest BCUT2D eigenvalue weighted by Crippen LogP contribution is -2.00. The summed E-state index contributed by atoms with van der Waals surface area (Å²) in [6, 6.07) is 38.8. The smallest absolute Gasteiger partial charge is 0.137 e. The fraction of sp³-hybridized carbons (Fsp3) is 0.0938. The number of alkyl halides is 1. The van der Waals surface area contributed by atoms with Gasteiger partial charge in [-0.05, 0) is 61.4 Å². The van der Waals surface area contributed by atoms with E-state index in [-0.39, 0.29) is 0 Å². The van der Waals surface area contributed by atoms with Crippen LogP contribution in [-0.2, 0) is 6.42 Å². The van der Waals surface area contributed by atoms with Crippen LogP contribution in [0.25, 0.3) is 55.1 Å². The Morgan fingerprint density at radius 2 is 1.17 bits per heavy atom. The highest BCUT2D eigenvalue weighted by Crippen LogP contribution is 2.41. The van der Waals surface area contributed by atoms with Gasteiger partial charge in [-0.15, -0.1) is 11.6 Å². The summed E-state index contributed by atoms with van der Waals surface area (Å²) in [5, 5.41) is 5.04. The minimum Gasteiger partial charge on any atom is -0.309 e. The number of aromatic nitrogens is 3. The molecule has 0 aliphatic rings. The number of para-hydroxylation sites is 3. The van der Waals surface area contributed by atoms with E-state index in [0.717, 1.165) is 24.4 Å². The molecular formula is C32H24ClN3. The molecule has 0 atom stereocenters. The summed E-state index contributed by atoms with van der Waals surface area (Å²) < 4.78 is 4.68. The molecule has 0 fully saturated rings. The van der Waals surface area contributed by atoms with Gasteiger partial charge in [0.25, 0.3) is 0 Å². The van der Waals surface area contributed by atoms with Crippen molar-refractivity contribution in [2.75, 3.05) is 5.88 Å². The van der Waals surface area contributed by atoms with Gasteiger partial charge in [-0.3, -0.25) is 4.57 Å². The Morgan fingerprint density at radius 3 is 1.86 bits per heavy atom. The SMILES string of the molecule is ClCCCc1cccc(-n2c3ccccc3c3c4c5ccccc5n(-c5ccccc5)c4ccc32)n1. The molecule has 36 heavy (non-hydrogen) atoms. The highest BCUT2D eigenvalue weighted by atomic mass is 35.5. The van der Waals surface area contributed by atoms with E-state index in [2.05, 4.69) is 118 Å². The van der Waals surface area contributed by atoms with E-state index in [1.54, 1.807) is 0 Å². The summed E-state index contributed by atoms with van der Waals surface area (Å²) in [6.45, 7) is 0. The Bertz CT molecular complexity index is 1880. The van der Waals surface area contributed by atoms with Crippen molar-refractivity contribution in [2.24, 2.45) is 0 Å². The lowest BCUT2D eigenvalue weighted by atomic mass is 10.1. The van der Waals surface area contributed by atoms with Crippen LogP contribution in [0.5, 0.6) is 0 Å². The first-order chi connectivity index (χ1) is 17.8. The number of aryl methyl sites for hydroxylation is 1. The summed E-state index contributed by atoms with van der Waals surface area (Å²) >= 11 is 5.96. The summed E-state index contributed by atoms with van der Waals surface area (Å²) in [7, 11) is 0. The van der Waals surface area contributed by atoms with Gasteiger partial charge in [0.05, 0.1) is 22.1 Å². The monoisotopic (exact) mass is 485 g/mol. The number of hydrogen-bond acceptors (Lipinski definition) is 1. The van der Waals surface area contributed by atoms with Crippen LogP contribution in [0.1, 0.15) is 12.1 Å². The molecule has 0 unspecified atom stereocenters. The normalized spacial score (nSPS) is 11.8. The Kier molecular flexibility index (Phi) is 5.04. The average molecular weight is 486 g/mol. The second-order valence-corrected chi connectivity index (χ2v) is 9.55. The fourth-order valence-corrected chi connectivity index (χ4v) is 5.73. The Balaban J connectivity index is 1.62. The molecule has 0 radical (unpaired) electrons. The lowest BCUT2D eigenvalue weighted by Gasteiger charge is -2.09. The Morgan fingerprint density at radius 1 is 0.556 bits per heavy atom. The Labute approximate surface area is 214 Å². The van der Waals surface area contributed by atoms with Crippen molar-refractivity contribution >= 4 is 55.2 Å². The average Bonchev–Trinajstić information content (AvgIpc) is 3.45. The minimum absolute atomic E-state index is 0.644. The van der Waals surface area contributed by atoms with E-state index in [9.17, 15) is 0 Å². The quantitative estimate of drug-likeness (QED) is 0.224. The molecule has 0 aliphatic carbocycles. The number of nitrogens with zero attached hydrogens (tertiary/aromatic N) is 3. The molecule has 0 amide bonds. The van der Waals surface area contributed by atoms with Gasteiger partial charge in [0.2, 0.25) is 0 Å². The van der Waals surface area contributed by atoms with Crippen molar-refractivity contribution in [1.82, 2.24) is 14.1 Å². The van der Waals surface area contributed by atoms with Crippen LogP contribution in [0.4, 0.5) is 0 Å². The maximum Gasteiger partial charge on any atom is 0.137 e. The highest BCUT2D eigenvalue weighted by Gasteiger charge is 2.20. The van der Waals surface area contributed by atoms with Gasteiger partial charge in [-0.1, -0.05) is 60.7 Å². The van der Waals surface area contributed by atoms with Crippen molar-refractivity contribution < 1.29 is 0 Å². The van der Waals surface area contributed by atoms with Crippen LogP contribution in [0, 0.1) is 0 Å². The minimum atomic E-state index is 0.644. The third kappa shape index (κ3) is 3.16. The van der Waals surface area contributed by atoms with Crippen LogP contribution >= 0.6 is 11.6 Å². The number of pyridine rings is 1. The lowest BCUT2D eigenvalue weighted by molar-refractivity contribution is 0.876. The predicted molar refractivity (Wildman–Crippen MR) is 152 cm³/mol. The third-order valence-corrected chi connectivity index (χ3v) is 7.34. The Hall–Kier alpha value is -4.08. The van der Waals surface area contributed by atoms with Gasteiger partial charge >= 0.3 is 0 Å². The molecule has 7 aromatic rings. The zero-order chi connectivity index (χ0) is 24.1. The van der Waals surface area contributed by atoms with Gasteiger partial charge in [0.15, 0.2) is 0 Å². The molecule has 0 aliphatic heterocycles. The highest BCUT2D eigenvalue weighted by molar-refractivity contribution is 6.28. The molecule has 4 aromatic carbocycles. The zero-order valence-corrected chi connectivity index (χ0v) is 20.5. The summed E-state index contributed by atoms with van der Waals surface area (Å²) in [5.41, 5.74) is 6.99. The fourth-order valence-electron chi connectivity index (χ4n) is 5.60. The van der Waals surface area contributed by atoms with E-state index in [0.29, 0.717) is 5.88 Å². The van der Waals surface area contributed by atoms with Gasteiger partial charge in [0, 0.05) is 38.8 Å². The van der Waals surface area contributed by atoms with Crippen LogP contribution in [0.15, 0.2) is 109 Å². The van der Waals surface area contributed by atoms with Crippen LogP contribution < -0.4 is 0 Å². The summed E-state index contributed by atoms with van der Waals surface area (Å²) in [4.78, 5) is 5.05. The van der Waals surface area contributed by atoms with Gasteiger partial charge < -0.3 is 4.57 Å². The van der Waals surface area contributed by atoms with Crippen molar-refractivity contribution in [3.8, 4) is 11.5 Å². The maximum atomic E-state index is 5.96. The number of halogens is 1. The summed E-state index contributed by atoms with van der Waals surface area (Å²) in [5.74, 6) is 1.59. The zero-order valence-electron chi connectivity index (χ0n) is 19.7. The number of hydrogen-bond donors (Lipinski definition) is 0. The molecule has 0 saturated carbocycles. The van der Waals surface area contributed by atoms with Crippen molar-refractivity contribution in [2.45, 2.75) is 12.8 Å². The molecule has 3 heterocycles. The second kappa shape index (κ2) is 8.54. The van der Waals surface area contributed by atoms with E-state index in [4.69, 9.17) is 16.6 Å². The van der Waals surface area contributed by atoms with Crippen molar-refractivity contribution in [3.05, 3.63) is 115 Å². The van der Waals surface area contributed by atoms with Crippen molar-refractivity contribution in [1.29, 1.82) is 0 Å². The molecule has 7 rings (SSSR count). The molecule has 0 bridgehead atoms. The van der Waals surface area contributed by atoms with E-state index in [1.165, 1.54) is 49.3 Å². The van der Waals surface area contributed by atoms with E-state index in [1.807, 2.05) is 0 Å². The molecule has 0 spiro atoms. The van der Waals surface area contributed by atoms with Gasteiger partial charge in [-0.2, -0.15) is 0 Å². The number of fused-ring (bicyclic) bond motifs is 7. The second-order valence-electron chi connectivity index (χ2n) is 9.17. The first-order valence-electron chi connectivity index (χ1n) is 12.4. The van der Waals surface area contributed by atoms with E-state index >= 15 is 0 Å². The first-order valence-corrected chi connectivity index (χ1v) is 12.9. The molecule has 174 valence electrons. The van der Waals surface area contributed by atoms with Crippen LogP contribution in [-0.4, -0.2) is 20.0 Å². The van der Waals surface area contributed by atoms with Crippen molar-refractivity contribution in [3.63, 3.8) is 0 Å². The standard InChI is InChI=1S/C32H24ClN3/c33-21-9-11-22-10-8-18-30(34-22)36-27-17-7-5-15-25(27)32-29(36)20-19-28-31(32)24-14-4-6-16-26(24)35(28)23-12-2-1-3-13-23/h1-8,10,12-20H,9,11,21H2. The largest absolute Gasteiger partial charge is 0.309 e. The maximum absolute atomic E-state index is 5.96. The number of rotatable bonds is 5. The third-order valence-electron chi connectivity index (χ3n) is 7.07. The van der Waals surface area contributed by atoms with E-state index < -0.39 is 0 Å². The van der Waals surface area contributed by atoms with Gasteiger partial charge in [0.1, 0.15) is 5.82 Å². The number of benzene rings is 4. The molecule has 3 aromatic heterocycles. The molecular weight excluding hydrogens is 462 g/mol. The topological polar surface area (TPSA) is 22.8 Å². The molecule has 0 N–H and O–H groups in total. The predicted octanol–water partition coefficient (Wildman–Crippen LogP) is 8.45. The molecule has 0 saturated heterocycles. The van der Waals surface area contributed by atoms with Gasteiger partial charge in [-0.25, -0.2) is 4.98 Å².